The molecule has 4 nitrogen and oxygen atoms in total. The third-order valence-electron chi connectivity index (χ3n) is 3.33. The molecule has 0 N–H and O–H groups in total. The van der Waals surface area contributed by atoms with E-state index < -0.39 is 5.97 Å². The van der Waals surface area contributed by atoms with Crippen LogP contribution in [0.2, 0.25) is 15.1 Å². The monoisotopic (exact) mass is 408 g/mol. The third kappa shape index (κ3) is 4.88. The molecule has 0 unspecified atom stereocenters. The Hall–Kier alpha value is -2.27. The average Bonchev–Trinajstić information content (AvgIpc) is 2.60. The fraction of sp³-hybridized carbons (Fsp3) is 0.0526. The summed E-state index contributed by atoms with van der Waals surface area (Å²) in [6.45, 7) is 0.0501. The van der Waals surface area contributed by atoms with Crippen molar-refractivity contribution in [3.8, 4) is 17.2 Å². The van der Waals surface area contributed by atoms with Gasteiger partial charge in [-0.2, -0.15) is 4.57 Å². The minimum absolute atomic E-state index is 0.0501. The van der Waals surface area contributed by atoms with Gasteiger partial charge in [0, 0.05) is 28.2 Å². The van der Waals surface area contributed by atoms with Gasteiger partial charge in [0.05, 0.1) is 5.02 Å². The third-order valence-corrected chi connectivity index (χ3v) is 4.10. The van der Waals surface area contributed by atoms with Gasteiger partial charge in [0.25, 0.3) is 0 Å². The van der Waals surface area contributed by atoms with Crippen molar-refractivity contribution in [1.82, 2.24) is 0 Å². The van der Waals surface area contributed by atoms with Gasteiger partial charge in [-0.1, -0.05) is 40.9 Å². The van der Waals surface area contributed by atoms with Gasteiger partial charge in [-0.05, 0) is 30.3 Å². The predicted molar refractivity (Wildman–Crippen MR) is 100 cm³/mol. The van der Waals surface area contributed by atoms with Crippen LogP contribution in [-0.2, 0) is 11.3 Å². The zero-order chi connectivity index (χ0) is 18.5. The number of carbonyl (C=O) groups excluding carboxylic acids is 1. The second-order valence-electron chi connectivity index (χ2n) is 5.29. The molecule has 3 aromatic rings. The Bertz CT molecular complexity index is 933. The number of ether oxygens (including phenoxy) is 2. The van der Waals surface area contributed by atoms with E-state index in [9.17, 15) is 4.79 Å². The van der Waals surface area contributed by atoms with Crippen molar-refractivity contribution in [2.75, 3.05) is 0 Å². The molecule has 0 saturated carbocycles. The van der Waals surface area contributed by atoms with E-state index in [4.69, 9.17) is 44.3 Å². The summed E-state index contributed by atoms with van der Waals surface area (Å²) < 4.78 is 12.9. The molecule has 1 aromatic heterocycles. The number of halogens is 3. The first-order valence-electron chi connectivity index (χ1n) is 7.58. The van der Waals surface area contributed by atoms with E-state index in [0.717, 1.165) is 0 Å². The number of hydrogen-bond acceptors (Lipinski definition) is 3. The maximum absolute atomic E-state index is 12.2. The predicted octanol–water partition coefficient (Wildman–Crippen LogP) is 5.33. The maximum Gasteiger partial charge on any atom is 0.378 e. The van der Waals surface area contributed by atoms with E-state index in [-0.39, 0.29) is 12.3 Å². The number of carbonyl (C=O) groups is 1. The summed E-state index contributed by atoms with van der Waals surface area (Å²) in [5.41, 5.74) is 0. The summed E-state index contributed by atoms with van der Waals surface area (Å²) in [4.78, 5) is 12.2. The van der Waals surface area contributed by atoms with Crippen molar-refractivity contribution in [1.29, 1.82) is 0 Å². The van der Waals surface area contributed by atoms with E-state index in [1.165, 1.54) is 6.07 Å². The second kappa shape index (κ2) is 8.41. The summed E-state index contributed by atoms with van der Waals surface area (Å²) in [6.07, 6.45) is 3.54. The van der Waals surface area contributed by atoms with Crippen LogP contribution in [0.15, 0.2) is 67.0 Å². The molecule has 0 aliphatic carbocycles. The summed E-state index contributed by atoms with van der Waals surface area (Å²) >= 11 is 18.0. The van der Waals surface area contributed by atoms with Crippen molar-refractivity contribution in [2.45, 2.75) is 6.54 Å². The van der Waals surface area contributed by atoms with Crippen LogP contribution in [0.5, 0.6) is 17.2 Å². The van der Waals surface area contributed by atoms with Crippen molar-refractivity contribution >= 4 is 40.8 Å². The van der Waals surface area contributed by atoms with Crippen LogP contribution < -0.4 is 14.0 Å². The molecule has 0 spiro atoms. The molecule has 2 aromatic carbocycles. The molecule has 132 valence electrons. The standard InChI is InChI=1S/C19H13Cl3NO3/c20-13-4-6-16(15(22)10-13)25-17-7-5-14(21)11-18(17)26-19(24)12-23-8-2-1-3-9-23/h1-11H,12H2/q+1. The zero-order valence-corrected chi connectivity index (χ0v) is 15.6. The lowest BCUT2D eigenvalue weighted by molar-refractivity contribution is -0.685. The molecule has 3 rings (SSSR count). The molecule has 0 fully saturated rings. The number of pyridine rings is 1. The van der Waals surface area contributed by atoms with E-state index in [0.29, 0.717) is 26.6 Å². The lowest BCUT2D eigenvalue weighted by Gasteiger charge is -2.12. The first-order valence-corrected chi connectivity index (χ1v) is 8.72. The highest BCUT2D eigenvalue weighted by Crippen LogP contribution is 2.37. The highest BCUT2D eigenvalue weighted by molar-refractivity contribution is 6.35. The minimum atomic E-state index is -0.462. The Morgan fingerprint density at radius 2 is 1.50 bits per heavy atom. The van der Waals surface area contributed by atoms with E-state index >= 15 is 0 Å². The number of rotatable bonds is 5. The molecule has 0 atom stereocenters. The summed E-state index contributed by atoms with van der Waals surface area (Å²) in [7, 11) is 0. The highest BCUT2D eigenvalue weighted by atomic mass is 35.5. The van der Waals surface area contributed by atoms with Gasteiger partial charge in [0.15, 0.2) is 23.9 Å². The molecule has 0 amide bonds. The maximum atomic E-state index is 12.2. The molecule has 0 aliphatic rings. The fourth-order valence-corrected chi connectivity index (χ4v) is 2.78. The number of benzene rings is 2. The second-order valence-corrected chi connectivity index (χ2v) is 6.57. The Labute approximate surface area is 165 Å². The number of hydrogen-bond donors (Lipinski definition) is 0. The van der Waals surface area contributed by atoms with Gasteiger partial charge in [0.2, 0.25) is 6.54 Å². The van der Waals surface area contributed by atoms with Crippen LogP contribution in [0.25, 0.3) is 0 Å². The smallest absolute Gasteiger partial charge is 0.378 e. The summed E-state index contributed by atoms with van der Waals surface area (Å²) in [6, 6.07) is 15.1. The summed E-state index contributed by atoms with van der Waals surface area (Å²) in [5, 5.41) is 1.24. The first-order chi connectivity index (χ1) is 12.5. The highest BCUT2D eigenvalue weighted by Gasteiger charge is 2.16. The SMILES string of the molecule is O=C(C[n+]1ccccc1)Oc1cc(Cl)ccc1Oc1ccc(Cl)cc1Cl. The van der Waals surface area contributed by atoms with Gasteiger partial charge in [0.1, 0.15) is 5.75 Å². The quantitative estimate of drug-likeness (QED) is 0.325. The van der Waals surface area contributed by atoms with E-state index in [1.54, 1.807) is 47.3 Å². The molecule has 0 aliphatic heterocycles. The molecule has 7 heteroatoms. The minimum Gasteiger partial charge on any atom is -0.452 e. The Kier molecular flexibility index (Phi) is 5.99. The van der Waals surface area contributed by atoms with Gasteiger partial charge in [-0.15, -0.1) is 0 Å². The zero-order valence-electron chi connectivity index (χ0n) is 13.4. The van der Waals surface area contributed by atoms with Crippen molar-refractivity contribution < 1.29 is 18.8 Å². The number of nitrogens with zero attached hydrogens (tertiary/aromatic N) is 1. The molecular weight excluding hydrogens is 397 g/mol. The average molecular weight is 410 g/mol. The van der Waals surface area contributed by atoms with Gasteiger partial charge < -0.3 is 9.47 Å². The van der Waals surface area contributed by atoms with Crippen LogP contribution >= 0.6 is 34.8 Å². The largest absolute Gasteiger partial charge is 0.452 e. The number of esters is 1. The van der Waals surface area contributed by atoms with Crippen LogP contribution in [0.3, 0.4) is 0 Å². The lowest BCUT2D eigenvalue weighted by Crippen LogP contribution is -2.38. The lowest BCUT2D eigenvalue weighted by atomic mass is 10.3. The molecule has 0 bridgehead atoms. The van der Waals surface area contributed by atoms with Gasteiger partial charge >= 0.3 is 5.97 Å². The molecular formula is C19H13Cl3NO3+. The molecule has 0 saturated heterocycles. The Balaban J connectivity index is 1.80. The van der Waals surface area contributed by atoms with E-state index in [1.807, 2.05) is 18.2 Å². The first kappa shape index (κ1) is 18.5. The van der Waals surface area contributed by atoms with Crippen LogP contribution in [0.1, 0.15) is 0 Å². The van der Waals surface area contributed by atoms with E-state index in [2.05, 4.69) is 0 Å². The van der Waals surface area contributed by atoms with Crippen molar-refractivity contribution in [3.05, 3.63) is 82.1 Å². The van der Waals surface area contributed by atoms with Crippen LogP contribution in [-0.4, -0.2) is 5.97 Å². The fourth-order valence-electron chi connectivity index (χ4n) is 2.17. The molecule has 0 radical (unpaired) electrons. The molecule has 26 heavy (non-hydrogen) atoms. The van der Waals surface area contributed by atoms with Crippen LogP contribution in [0.4, 0.5) is 0 Å². The Morgan fingerprint density at radius 1 is 0.846 bits per heavy atom. The van der Waals surface area contributed by atoms with Crippen molar-refractivity contribution in [3.63, 3.8) is 0 Å². The van der Waals surface area contributed by atoms with Gasteiger partial charge in [-0.3, -0.25) is 0 Å². The van der Waals surface area contributed by atoms with Crippen molar-refractivity contribution in [2.24, 2.45) is 0 Å². The molecule has 1 heterocycles. The summed E-state index contributed by atoms with van der Waals surface area (Å²) in [5.74, 6) is 0.429. The Morgan fingerprint density at radius 3 is 2.19 bits per heavy atom. The van der Waals surface area contributed by atoms with Crippen LogP contribution in [0, 0.1) is 0 Å². The number of aromatic nitrogens is 1. The van der Waals surface area contributed by atoms with Gasteiger partial charge in [-0.25, -0.2) is 4.79 Å². The topological polar surface area (TPSA) is 39.4 Å². The normalized spacial score (nSPS) is 10.4.